The Balaban J connectivity index is 1.61. The van der Waals surface area contributed by atoms with Crippen LogP contribution in [0.3, 0.4) is 0 Å². The van der Waals surface area contributed by atoms with E-state index in [-0.39, 0.29) is 0 Å². The molecule has 0 spiro atoms. The number of hydrogen-bond acceptors (Lipinski definition) is 4. The highest BCUT2D eigenvalue weighted by Gasteiger charge is 2.27. The van der Waals surface area contributed by atoms with Gasteiger partial charge in [-0.3, -0.25) is 0 Å². The van der Waals surface area contributed by atoms with Gasteiger partial charge in [-0.25, -0.2) is 14.5 Å². The van der Waals surface area contributed by atoms with Gasteiger partial charge in [0.1, 0.15) is 0 Å². The minimum absolute atomic E-state index is 0.534. The molecule has 33 heavy (non-hydrogen) atoms. The van der Waals surface area contributed by atoms with Crippen molar-refractivity contribution in [3.8, 4) is 0 Å². The number of aromatic amines is 1. The smallest absolute Gasteiger partial charge is 0.225 e. The predicted octanol–water partition coefficient (Wildman–Crippen LogP) is 6.09. The van der Waals surface area contributed by atoms with Gasteiger partial charge < -0.3 is 9.88 Å². The maximum Gasteiger partial charge on any atom is 0.225 e. The number of pyridine rings is 1. The molecule has 1 N–H and O–H groups in total. The highest BCUT2D eigenvalue weighted by atomic mass is 35.5. The van der Waals surface area contributed by atoms with Crippen LogP contribution in [0.25, 0.3) is 38.1 Å². The van der Waals surface area contributed by atoms with Gasteiger partial charge >= 0.3 is 0 Å². The standard InChI is InChI=1S/C25H18Cl2N6/c1-13-3-2-4-15-17-9-19(27)22-16(5-7-28-22)21(17)24-18-12-32(25-29-10-14(26)11-30-25)8-6-20(18)31-33(24)23(13)15/h2-5,7,9-11,28H,6,8,12H2,1H3. The van der Waals surface area contributed by atoms with E-state index in [2.05, 4.69) is 61.6 Å². The number of para-hydroxylation sites is 1. The Bertz CT molecular complexity index is 1730. The third kappa shape index (κ3) is 2.65. The summed E-state index contributed by atoms with van der Waals surface area (Å²) in [5, 5.41) is 11.0. The molecule has 4 aromatic heterocycles. The number of aromatic nitrogens is 5. The number of nitrogens with zero attached hydrogens (tertiary/aromatic N) is 5. The van der Waals surface area contributed by atoms with Crippen LogP contribution < -0.4 is 4.90 Å². The topological polar surface area (TPSA) is 62.1 Å². The van der Waals surface area contributed by atoms with Gasteiger partial charge in [-0.05, 0) is 30.0 Å². The molecule has 0 saturated carbocycles. The number of hydrogen-bond donors (Lipinski definition) is 1. The van der Waals surface area contributed by atoms with Gasteiger partial charge in [0.2, 0.25) is 5.95 Å². The fraction of sp³-hybridized carbons (Fsp3) is 0.160. The van der Waals surface area contributed by atoms with E-state index in [9.17, 15) is 0 Å². The van der Waals surface area contributed by atoms with Crippen molar-refractivity contribution in [1.29, 1.82) is 0 Å². The Morgan fingerprint density at radius 1 is 1.00 bits per heavy atom. The van der Waals surface area contributed by atoms with Crippen molar-refractivity contribution in [2.45, 2.75) is 19.9 Å². The normalized spacial score (nSPS) is 14.1. The highest BCUT2D eigenvalue weighted by Crippen LogP contribution is 2.41. The molecule has 7 rings (SSSR count). The molecule has 0 amide bonds. The van der Waals surface area contributed by atoms with Gasteiger partial charge in [0.05, 0.1) is 44.7 Å². The second kappa shape index (κ2) is 6.83. The zero-order valence-corrected chi connectivity index (χ0v) is 19.2. The summed E-state index contributed by atoms with van der Waals surface area (Å²) in [5.41, 5.74) is 6.70. The first kappa shape index (κ1) is 19.1. The molecule has 0 bridgehead atoms. The van der Waals surface area contributed by atoms with Gasteiger partial charge in [-0.1, -0.05) is 41.4 Å². The predicted molar refractivity (Wildman–Crippen MR) is 134 cm³/mol. The largest absolute Gasteiger partial charge is 0.360 e. The van der Waals surface area contributed by atoms with E-state index in [1.54, 1.807) is 12.4 Å². The molecule has 0 unspecified atom stereocenters. The molecule has 6 nitrogen and oxygen atoms in total. The zero-order valence-electron chi connectivity index (χ0n) is 17.7. The Hall–Kier alpha value is -3.35. The van der Waals surface area contributed by atoms with E-state index in [1.807, 2.05) is 6.20 Å². The first-order valence-electron chi connectivity index (χ1n) is 10.8. The maximum atomic E-state index is 6.71. The Labute approximate surface area is 198 Å². The SMILES string of the molecule is Cc1cccc2c3cc(Cl)c4[nH]ccc4c3c3c4c(nn3c12)CCN(c1ncc(Cl)cn1)C4. The first-order chi connectivity index (χ1) is 16.1. The van der Waals surface area contributed by atoms with Crippen molar-refractivity contribution in [1.82, 2.24) is 24.6 Å². The summed E-state index contributed by atoms with van der Waals surface area (Å²) in [7, 11) is 0. The van der Waals surface area contributed by atoms with Crippen LogP contribution in [0.1, 0.15) is 16.8 Å². The van der Waals surface area contributed by atoms with Crippen LogP contribution in [0.4, 0.5) is 5.95 Å². The number of H-pyrrole nitrogens is 1. The zero-order chi connectivity index (χ0) is 22.3. The molecule has 0 atom stereocenters. The fourth-order valence-electron chi connectivity index (χ4n) is 5.25. The summed E-state index contributed by atoms with van der Waals surface area (Å²) in [4.78, 5) is 14.4. The van der Waals surface area contributed by atoms with Crippen molar-refractivity contribution >= 4 is 67.2 Å². The summed E-state index contributed by atoms with van der Waals surface area (Å²) in [6, 6.07) is 10.6. The molecule has 0 aliphatic carbocycles. The minimum Gasteiger partial charge on any atom is -0.360 e. The minimum atomic E-state index is 0.534. The first-order valence-corrected chi connectivity index (χ1v) is 11.6. The summed E-state index contributed by atoms with van der Waals surface area (Å²) >= 11 is 12.7. The molecule has 0 radical (unpaired) electrons. The van der Waals surface area contributed by atoms with Crippen LogP contribution in [-0.2, 0) is 13.0 Å². The van der Waals surface area contributed by atoms with E-state index >= 15 is 0 Å². The molecule has 0 fully saturated rings. The highest BCUT2D eigenvalue weighted by molar-refractivity contribution is 6.39. The van der Waals surface area contributed by atoms with Crippen LogP contribution >= 0.6 is 23.2 Å². The van der Waals surface area contributed by atoms with Crippen molar-refractivity contribution in [2.75, 3.05) is 11.4 Å². The van der Waals surface area contributed by atoms with Crippen LogP contribution in [0, 0.1) is 6.92 Å². The van der Waals surface area contributed by atoms with Gasteiger partial charge in [0.15, 0.2) is 0 Å². The third-order valence-corrected chi connectivity index (χ3v) is 7.19. The van der Waals surface area contributed by atoms with Gasteiger partial charge in [0.25, 0.3) is 0 Å². The number of anilines is 1. The van der Waals surface area contributed by atoms with Gasteiger partial charge in [0, 0.05) is 47.4 Å². The van der Waals surface area contributed by atoms with E-state index in [0.29, 0.717) is 17.5 Å². The Morgan fingerprint density at radius 2 is 1.85 bits per heavy atom. The number of benzene rings is 2. The van der Waals surface area contributed by atoms with Crippen LogP contribution in [0.2, 0.25) is 10.0 Å². The van der Waals surface area contributed by atoms with Gasteiger partial charge in [-0.15, -0.1) is 0 Å². The van der Waals surface area contributed by atoms with E-state index in [1.165, 1.54) is 16.5 Å². The fourth-order valence-corrected chi connectivity index (χ4v) is 5.61. The molecular weight excluding hydrogens is 455 g/mol. The quantitative estimate of drug-likeness (QED) is 0.294. The number of halogens is 2. The summed E-state index contributed by atoms with van der Waals surface area (Å²) in [6.45, 7) is 3.62. The summed E-state index contributed by atoms with van der Waals surface area (Å²) in [5.74, 6) is 0.681. The van der Waals surface area contributed by atoms with Crippen molar-refractivity contribution in [3.05, 3.63) is 75.8 Å². The van der Waals surface area contributed by atoms with Crippen molar-refractivity contribution < 1.29 is 0 Å². The molecule has 2 aromatic carbocycles. The molecule has 6 aromatic rings. The summed E-state index contributed by atoms with van der Waals surface area (Å²) in [6.07, 6.45) is 6.06. The second-order valence-electron chi connectivity index (χ2n) is 8.58. The van der Waals surface area contributed by atoms with Crippen LogP contribution in [0.15, 0.2) is 48.9 Å². The lowest BCUT2D eigenvalue weighted by Crippen LogP contribution is -2.31. The lowest BCUT2D eigenvalue weighted by Gasteiger charge is -2.26. The second-order valence-corrected chi connectivity index (χ2v) is 9.42. The number of fused-ring (bicyclic) bond motifs is 10. The molecule has 162 valence electrons. The lowest BCUT2D eigenvalue weighted by atomic mass is 9.97. The number of aryl methyl sites for hydroxylation is 1. The monoisotopic (exact) mass is 472 g/mol. The van der Waals surface area contributed by atoms with Crippen LogP contribution in [0.5, 0.6) is 0 Å². The number of rotatable bonds is 1. The van der Waals surface area contributed by atoms with E-state index in [4.69, 9.17) is 28.3 Å². The lowest BCUT2D eigenvalue weighted by molar-refractivity contribution is 0.698. The van der Waals surface area contributed by atoms with Crippen molar-refractivity contribution in [3.63, 3.8) is 0 Å². The summed E-state index contributed by atoms with van der Waals surface area (Å²) < 4.78 is 2.14. The van der Waals surface area contributed by atoms with Gasteiger partial charge in [-0.2, -0.15) is 5.10 Å². The molecule has 5 heterocycles. The maximum absolute atomic E-state index is 6.71. The average Bonchev–Trinajstić information content (AvgIpc) is 3.45. The van der Waals surface area contributed by atoms with Crippen LogP contribution in [-0.4, -0.2) is 31.1 Å². The molecule has 8 heteroatoms. The van der Waals surface area contributed by atoms with E-state index in [0.717, 1.165) is 56.4 Å². The Morgan fingerprint density at radius 3 is 2.70 bits per heavy atom. The molecule has 0 saturated heterocycles. The molecule has 1 aliphatic heterocycles. The van der Waals surface area contributed by atoms with E-state index < -0.39 is 0 Å². The molecular formula is C25H18Cl2N6. The number of nitrogens with one attached hydrogen (secondary N) is 1. The molecule has 1 aliphatic rings. The third-order valence-electron chi connectivity index (χ3n) is 6.70. The van der Waals surface area contributed by atoms with Crippen molar-refractivity contribution in [2.24, 2.45) is 0 Å². The average molecular weight is 473 g/mol. The Kier molecular flexibility index (Phi) is 3.96.